The molecular formula is C18H26N2O. The minimum Gasteiger partial charge on any atom is -0.468 e. The molecule has 2 rings (SSSR count). The van der Waals surface area contributed by atoms with Gasteiger partial charge in [0.1, 0.15) is 5.76 Å². The molecule has 3 nitrogen and oxygen atoms in total. The van der Waals surface area contributed by atoms with E-state index >= 15 is 0 Å². The summed E-state index contributed by atoms with van der Waals surface area (Å²) in [6.45, 7) is 10.2. The largest absolute Gasteiger partial charge is 0.468 e. The van der Waals surface area contributed by atoms with Crippen LogP contribution in [0.15, 0.2) is 47.1 Å². The maximum atomic E-state index is 5.69. The van der Waals surface area contributed by atoms with Crippen LogP contribution in [0.5, 0.6) is 0 Å². The van der Waals surface area contributed by atoms with Crippen LogP contribution in [0.3, 0.4) is 0 Å². The highest BCUT2D eigenvalue weighted by Crippen LogP contribution is 2.15. The Hall–Kier alpha value is -1.58. The Balaban J connectivity index is 1.97. The average molecular weight is 286 g/mol. The summed E-state index contributed by atoms with van der Waals surface area (Å²) >= 11 is 0. The van der Waals surface area contributed by atoms with E-state index in [0.29, 0.717) is 6.04 Å². The second kappa shape index (κ2) is 8.01. The van der Waals surface area contributed by atoms with Crippen molar-refractivity contribution in [2.24, 2.45) is 0 Å². The summed E-state index contributed by atoms with van der Waals surface area (Å²) in [5.74, 6) is 1.07. The summed E-state index contributed by atoms with van der Waals surface area (Å²) < 4.78 is 5.69. The summed E-state index contributed by atoms with van der Waals surface area (Å²) in [6, 6.07) is 13.1. The summed E-state index contributed by atoms with van der Waals surface area (Å²) in [6.07, 6.45) is 1.79. The number of benzene rings is 1. The lowest BCUT2D eigenvalue weighted by Gasteiger charge is -2.20. The molecule has 0 saturated heterocycles. The average Bonchev–Trinajstić information content (AvgIpc) is 2.92. The van der Waals surface area contributed by atoms with E-state index in [4.69, 9.17) is 4.42 Å². The van der Waals surface area contributed by atoms with E-state index in [2.05, 4.69) is 67.4 Å². The number of nitrogens with zero attached hydrogens (tertiary/aromatic N) is 1. The lowest BCUT2D eigenvalue weighted by Crippen LogP contribution is -2.25. The topological polar surface area (TPSA) is 28.4 Å². The summed E-state index contributed by atoms with van der Waals surface area (Å²) in [7, 11) is 0. The standard InChI is InChI=1S/C18H26N2O/c1-4-20(13-16-8-6-5-7-9-16)14-18-17(10-11-21-18)12-19-15(2)3/h5-11,15,19H,4,12-14H2,1-3H3. The molecule has 1 aromatic heterocycles. The normalized spacial score (nSPS) is 11.5. The van der Waals surface area contributed by atoms with E-state index in [1.807, 2.05) is 0 Å². The summed E-state index contributed by atoms with van der Waals surface area (Å²) in [5, 5.41) is 3.45. The number of nitrogens with one attached hydrogen (secondary N) is 1. The van der Waals surface area contributed by atoms with Crippen LogP contribution in [-0.4, -0.2) is 17.5 Å². The molecule has 0 fully saturated rings. The molecule has 1 N–H and O–H groups in total. The maximum Gasteiger partial charge on any atom is 0.122 e. The van der Waals surface area contributed by atoms with Crippen LogP contribution in [0.25, 0.3) is 0 Å². The van der Waals surface area contributed by atoms with Crippen LogP contribution in [0, 0.1) is 0 Å². The molecule has 21 heavy (non-hydrogen) atoms. The first-order chi connectivity index (χ1) is 10.2. The van der Waals surface area contributed by atoms with Gasteiger partial charge in [-0.1, -0.05) is 51.1 Å². The summed E-state index contributed by atoms with van der Waals surface area (Å²) in [5.41, 5.74) is 2.60. The van der Waals surface area contributed by atoms with Gasteiger partial charge in [0.25, 0.3) is 0 Å². The minimum absolute atomic E-state index is 0.486. The second-order valence-corrected chi connectivity index (χ2v) is 5.69. The van der Waals surface area contributed by atoms with E-state index in [9.17, 15) is 0 Å². The molecule has 0 unspecified atom stereocenters. The monoisotopic (exact) mass is 286 g/mol. The highest BCUT2D eigenvalue weighted by atomic mass is 16.3. The third kappa shape index (κ3) is 5.03. The van der Waals surface area contributed by atoms with Gasteiger partial charge in [0.15, 0.2) is 0 Å². The predicted octanol–water partition coefficient (Wildman–Crippen LogP) is 3.80. The molecular weight excluding hydrogens is 260 g/mol. The minimum atomic E-state index is 0.486. The Morgan fingerprint density at radius 2 is 1.86 bits per heavy atom. The fourth-order valence-electron chi connectivity index (χ4n) is 2.30. The van der Waals surface area contributed by atoms with Crippen molar-refractivity contribution in [1.29, 1.82) is 0 Å². The third-order valence-corrected chi connectivity index (χ3v) is 3.60. The molecule has 0 spiro atoms. The lowest BCUT2D eigenvalue weighted by molar-refractivity contribution is 0.246. The van der Waals surface area contributed by atoms with E-state index in [0.717, 1.165) is 31.9 Å². The molecule has 0 atom stereocenters. The van der Waals surface area contributed by atoms with Crippen LogP contribution >= 0.6 is 0 Å². The third-order valence-electron chi connectivity index (χ3n) is 3.60. The molecule has 0 radical (unpaired) electrons. The first kappa shape index (κ1) is 15.8. The Morgan fingerprint density at radius 1 is 1.10 bits per heavy atom. The van der Waals surface area contributed by atoms with E-state index in [1.54, 1.807) is 6.26 Å². The number of rotatable bonds is 8. The SMILES string of the molecule is CCN(Cc1ccccc1)Cc1occc1CNC(C)C. The fraction of sp³-hybridized carbons (Fsp3) is 0.444. The van der Waals surface area contributed by atoms with Gasteiger partial charge in [0.2, 0.25) is 0 Å². The predicted molar refractivity (Wildman–Crippen MR) is 86.9 cm³/mol. The highest BCUT2D eigenvalue weighted by molar-refractivity contribution is 5.18. The van der Waals surface area contributed by atoms with E-state index < -0.39 is 0 Å². The molecule has 114 valence electrons. The molecule has 0 aliphatic heterocycles. The van der Waals surface area contributed by atoms with Gasteiger partial charge in [-0.25, -0.2) is 0 Å². The van der Waals surface area contributed by atoms with Crippen molar-refractivity contribution in [2.45, 2.75) is 46.4 Å². The van der Waals surface area contributed by atoms with Crippen molar-refractivity contribution in [3.8, 4) is 0 Å². The van der Waals surface area contributed by atoms with E-state index in [-0.39, 0.29) is 0 Å². The van der Waals surface area contributed by atoms with Gasteiger partial charge in [-0.2, -0.15) is 0 Å². The molecule has 0 saturated carbocycles. The van der Waals surface area contributed by atoms with Crippen molar-refractivity contribution >= 4 is 0 Å². The zero-order chi connectivity index (χ0) is 15.1. The Labute approximate surface area is 128 Å². The molecule has 1 heterocycles. The smallest absolute Gasteiger partial charge is 0.122 e. The van der Waals surface area contributed by atoms with Crippen molar-refractivity contribution in [2.75, 3.05) is 6.54 Å². The van der Waals surface area contributed by atoms with Gasteiger partial charge in [-0.15, -0.1) is 0 Å². The first-order valence-corrected chi connectivity index (χ1v) is 7.74. The van der Waals surface area contributed by atoms with E-state index in [1.165, 1.54) is 11.1 Å². The molecule has 2 aromatic rings. The molecule has 0 bridgehead atoms. The fourth-order valence-corrected chi connectivity index (χ4v) is 2.30. The van der Waals surface area contributed by atoms with Crippen LogP contribution < -0.4 is 5.32 Å². The molecule has 3 heteroatoms. The van der Waals surface area contributed by atoms with Crippen molar-refractivity contribution in [3.05, 3.63) is 59.5 Å². The lowest BCUT2D eigenvalue weighted by atomic mass is 10.2. The Bertz CT molecular complexity index is 519. The summed E-state index contributed by atoms with van der Waals surface area (Å²) in [4.78, 5) is 2.40. The quantitative estimate of drug-likeness (QED) is 0.800. The van der Waals surface area contributed by atoms with Gasteiger partial charge in [-0.05, 0) is 18.2 Å². The van der Waals surface area contributed by atoms with Gasteiger partial charge in [0, 0.05) is 24.7 Å². The number of furan rings is 1. The maximum absolute atomic E-state index is 5.69. The Kier molecular flexibility index (Phi) is 6.03. The van der Waals surface area contributed by atoms with Gasteiger partial charge in [0.05, 0.1) is 12.8 Å². The van der Waals surface area contributed by atoms with Gasteiger partial charge in [-0.3, -0.25) is 4.90 Å². The highest BCUT2D eigenvalue weighted by Gasteiger charge is 2.11. The molecule has 0 aliphatic carbocycles. The number of hydrogen-bond acceptors (Lipinski definition) is 3. The zero-order valence-corrected chi connectivity index (χ0v) is 13.3. The first-order valence-electron chi connectivity index (χ1n) is 7.74. The zero-order valence-electron chi connectivity index (χ0n) is 13.3. The second-order valence-electron chi connectivity index (χ2n) is 5.69. The molecule has 0 aliphatic rings. The number of hydrogen-bond donors (Lipinski definition) is 1. The van der Waals surface area contributed by atoms with Gasteiger partial charge >= 0.3 is 0 Å². The van der Waals surface area contributed by atoms with Crippen LogP contribution in [-0.2, 0) is 19.6 Å². The Morgan fingerprint density at radius 3 is 2.52 bits per heavy atom. The van der Waals surface area contributed by atoms with Gasteiger partial charge < -0.3 is 9.73 Å². The van der Waals surface area contributed by atoms with Crippen molar-refractivity contribution in [3.63, 3.8) is 0 Å². The molecule has 0 amide bonds. The van der Waals surface area contributed by atoms with Crippen molar-refractivity contribution in [1.82, 2.24) is 10.2 Å². The molecule has 1 aromatic carbocycles. The van der Waals surface area contributed by atoms with Crippen LogP contribution in [0.4, 0.5) is 0 Å². The van der Waals surface area contributed by atoms with Crippen LogP contribution in [0.1, 0.15) is 37.7 Å². The van der Waals surface area contributed by atoms with Crippen molar-refractivity contribution < 1.29 is 4.42 Å². The van der Waals surface area contributed by atoms with Crippen LogP contribution in [0.2, 0.25) is 0 Å².